The first-order chi connectivity index (χ1) is 11.0. The standard InChI is InChI=1S/C14H24FN3O4S2.ClH/c1-4-23(19,20)18-14-6-5-12(8-13(14)15)24(21,22)17-11(9-16)7-10(2)3;/h5-6,8,10-11,17-18H,4,7,9,16H2,1-3H3;1H. The topological polar surface area (TPSA) is 118 Å². The highest BCUT2D eigenvalue weighted by Gasteiger charge is 2.22. The number of nitrogens with two attached hydrogens (primary N) is 1. The molecule has 1 aromatic rings. The minimum atomic E-state index is -3.95. The number of halogens is 2. The van der Waals surface area contributed by atoms with Gasteiger partial charge < -0.3 is 5.73 Å². The van der Waals surface area contributed by atoms with Gasteiger partial charge in [0.2, 0.25) is 20.0 Å². The lowest BCUT2D eigenvalue weighted by Crippen LogP contribution is -2.41. The van der Waals surface area contributed by atoms with E-state index in [9.17, 15) is 21.2 Å². The molecule has 1 unspecified atom stereocenters. The van der Waals surface area contributed by atoms with Crippen molar-refractivity contribution in [3.05, 3.63) is 24.0 Å². The summed E-state index contributed by atoms with van der Waals surface area (Å²) in [6.07, 6.45) is 0.548. The van der Waals surface area contributed by atoms with Crippen LogP contribution in [-0.2, 0) is 20.0 Å². The summed E-state index contributed by atoms with van der Waals surface area (Å²) in [4.78, 5) is -0.290. The van der Waals surface area contributed by atoms with Crippen LogP contribution in [-0.4, -0.2) is 35.2 Å². The van der Waals surface area contributed by atoms with Crippen LogP contribution in [0.1, 0.15) is 27.2 Å². The molecule has 0 aliphatic carbocycles. The van der Waals surface area contributed by atoms with E-state index in [0.29, 0.717) is 6.42 Å². The van der Waals surface area contributed by atoms with Crippen molar-refractivity contribution in [2.75, 3.05) is 17.0 Å². The zero-order valence-corrected chi connectivity index (χ0v) is 16.8. The third kappa shape index (κ3) is 7.45. The lowest BCUT2D eigenvalue weighted by Gasteiger charge is -2.19. The third-order valence-electron chi connectivity index (χ3n) is 3.26. The third-order valence-corrected chi connectivity index (χ3v) is 6.07. The predicted octanol–water partition coefficient (Wildman–Crippen LogP) is 1.66. The molecule has 0 saturated carbocycles. The van der Waals surface area contributed by atoms with Gasteiger partial charge in [0.1, 0.15) is 5.82 Å². The summed E-state index contributed by atoms with van der Waals surface area (Å²) in [5, 5.41) is 0. The molecule has 0 saturated heterocycles. The summed E-state index contributed by atoms with van der Waals surface area (Å²) >= 11 is 0. The lowest BCUT2D eigenvalue weighted by molar-refractivity contribution is 0.465. The zero-order valence-electron chi connectivity index (χ0n) is 14.3. The van der Waals surface area contributed by atoms with Gasteiger partial charge in [-0.2, -0.15) is 0 Å². The number of hydrogen-bond acceptors (Lipinski definition) is 5. The van der Waals surface area contributed by atoms with Crippen molar-refractivity contribution in [1.29, 1.82) is 0 Å². The lowest BCUT2D eigenvalue weighted by atomic mass is 10.1. The maximum Gasteiger partial charge on any atom is 0.240 e. The predicted molar refractivity (Wildman–Crippen MR) is 99.4 cm³/mol. The van der Waals surface area contributed by atoms with E-state index in [1.54, 1.807) is 0 Å². The Hall–Kier alpha value is -0.940. The van der Waals surface area contributed by atoms with Crippen LogP contribution < -0.4 is 15.2 Å². The van der Waals surface area contributed by atoms with Crippen LogP contribution in [0.3, 0.4) is 0 Å². The maximum absolute atomic E-state index is 14.0. The van der Waals surface area contributed by atoms with E-state index in [1.807, 2.05) is 13.8 Å². The number of rotatable bonds is 9. The van der Waals surface area contributed by atoms with Crippen molar-refractivity contribution >= 4 is 38.1 Å². The minimum absolute atomic E-state index is 0. The highest BCUT2D eigenvalue weighted by Crippen LogP contribution is 2.20. The first kappa shape index (κ1) is 24.1. The molecule has 0 aliphatic rings. The van der Waals surface area contributed by atoms with Crippen molar-refractivity contribution < 1.29 is 21.2 Å². The van der Waals surface area contributed by atoms with Crippen molar-refractivity contribution in [3.8, 4) is 0 Å². The Morgan fingerprint density at radius 3 is 2.24 bits per heavy atom. The van der Waals surface area contributed by atoms with E-state index in [2.05, 4.69) is 9.44 Å². The number of anilines is 1. The molecule has 7 nitrogen and oxygen atoms in total. The Kier molecular flexibility index (Phi) is 9.31. The summed E-state index contributed by atoms with van der Waals surface area (Å²) in [6, 6.07) is 2.54. The van der Waals surface area contributed by atoms with Crippen LogP contribution >= 0.6 is 12.4 Å². The fourth-order valence-electron chi connectivity index (χ4n) is 2.03. The van der Waals surface area contributed by atoms with Crippen LogP contribution in [0.2, 0.25) is 0 Å². The van der Waals surface area contributed by atoms with Gasteiger partial charge in [0.05, 0.1) is 16.3 Å². The second-order valence-corrected chi connectivity index (χ2v) is 9.56. The molecule has 0 aliphatic heterocycles. The van der Waals surface area contributed by atoms with Gasteiger partial charge in [-0.3, -0.25) is 4.72 Å². The first-order valence-electron chi connectivity index (χ1n) is 7.53. The second kappa shape index (κ2) is 9.67. The molecule has 0 spiro atoms. The van der Waals surface area contributed by atoms with Crippen LogP contribution in [0.15, 0.2) is 23.1 Å². The monoisotopic (exact) mass is 417 g/mol. The molecule has 1 rings (SSSR count). The molecule has 4 N–H and O–H groups in total. The molecule has 0 bridgehead atoms. The Morgan fingerprint density at radius 1 is 1.20 bits per heavy atom. The minimum Gasteiger partial charge on any atom is -0.329 e. The van der Waals surface area contributed by atoms with E-state index in [-0.39, 0.29) is 41.2 Å². The van der Waals surface area contributed by atoms with Crippen molar-refractivity contribution in [3.63, 3.8) is 0 Å². The van der Waals surface area contributed by atoms with Crippen molar-refractivity contribution in [2.24, 2.45) is 11.7 Å². The van der Waals surface area contributed by atoms with Gasteiger partial charge in [0, 0.05) is 12.6 Å². The molecule has 0 radical (unpaired) electrons. The van der Waals surface area contributed by atoms with Crippen LogP contribution in [0.4, 0.5) is 10.1 Å². The highest BCUT2D eigenvalue weighted by molar-refractivity contribution is 7.92. The summed E-state index contributed by atoms with van der Waals surface area (Å²) in [6.45, 7) is 5.40. The molecule has 146 valence electrons. The summed E-state index contributed by atoms with van der Waals surface area (Å²) in [5.41, 5.74) is 5.27. The van der Waals surface area contributed by atoms with Gasteiger partial charge in [0.15, 0.2) is 0 Å². The largest absolute Gasteiger partial charge is 0.329 e. The van der Waals surface area contributed by atoms with Crippen molar-refractivity contribution in [1.82, 2.24) is 4.72 Å². The van der Waals surface area contributed by atoms with Gasteiger partial charge >= 0.3 is 0 Å². The zero-order chi connectivity index (χ0) is 18.5. The van der Waals surface area contributed by atoms with Gasteiger partial charge in [-0.15, -0.1) is 12.4 Å². The number of sulfonamides is 2. The molecule has 1 atom stereocenters. The molecule has 0 heterocycles. The first-order valence-corrected chi connectivity index (χ1v) is 10.7. The Labute approximate surface area is 155 Å². The van der Waals surface area contributed by atoms with Crippen LogP contribution in [0.5, 0.6) is 0 Å². The van der Waals surface area contributed by atoms with Gasteiger partial charge in [-0.1, -0.05) is 13.8 Å². The van der Waals surface area contributed by atoms with Gasteiger partial charge in [-0.25, -0.2) is 25.9 Å². The number of benzene rings is 1. The van der Waals surface area contributed by atoms with Gasteiger partial charge in [-0.05, 0) is 37.5 Å². The molecular formula is C14H25ClFN3O4S2. The van der Waals surface area contributed by atoms with Crippen LogP contribution in [0, 0.1) is 11.7 Å². The maximum atomic E-state index is 14.0. The van der Waals surface area contributed by atoms with E-state index in [1.165, 1.54) is 6.92 Å². The Bertz CT molecular complexity index is 770. The Balaban J connectivity index is 0.00000576. The second-order valence-electron chi connectivity index (χ2n) is 5.83. The average molecular weight is 418 g/mol. The summed E-state index contributed by atoms with van der Waals surface area (Å²) < 4.78 is 66.1. The van der Waals surface area contributed by atoms with E-state index < -0.39 is 31.9 Å². The number of hydrogen-bond donors (Lipinski definition) is 3. The molecule has 0 aromatic heterocycles. The molecular weight excluding hydrogens is 393 g/mol. The smallest absolute Gasteiger partial charge is 0.240 e. The van der Waals surface area contributed by atoms with E-state index >= 15 is 0 Å². The van der Waals surface area contributed by atoms with Crippen molar-refractivity contribution in [2.45, 2.75) is 38.1 Å². The summed E-state index contributed by atoms with van der Waals surface area (Å²) in [7, 11) is -7.60. The Morgan fingerprint density at radius 2 is 1.80 bits per heavy atom. The fraction of sp³-hybridized carbons (Fsp3) is 0.571. The van der Waals surface area contributed by atoms with E-state index in [4.69, 9.17) is 5.73 Å². The van der Waals surface area contributed by atoms with E-state index in [0.717, 1.165) is 18.2 Å². The fourth-order valence-corrected chi connectivity index (χ4v) is 3.95. The average Bonchev–Trinajstić information content (AvgIpc) is 2.47. The quantitative estimate of drug-likeness (QED) is 0.564. The molecule has 25 heavy (non-hydrogen) atoms. The molecule has 0 amide bonds. The molecule has 1 aromatic carbocycles. The van der Waals surface area contributed by atoms with Gasteiger partial charge in [0.25, 0.3) is 0 Å². The summed E-state index contributed by atoms with van der Waals surface area (Å²) in [5.74, 6) is -0.951. The highest BCUT2D eigenvalue weighted by atomic mass is 35.5. The SMILES string of the molecule is CCS(=O)(=O)Nc1ccc(S(=O)(=O)NC(CN)CC(C)C)cc1F.Cl. The molecule has 0 fully saturated rings. The molecule has 11 heteroatoms. The number of nitrogens with one attached hydrogen (secondary N) is 2. The normalized spacial score (nSPS) is 13.4. The van der Waals surface area contributed by atoms with Crippen LogP contribution in [0.25, 0.3) is 0 Å².